The first kappa shape index (κ1) is 23.6. The Hall–Kier alpha value is -3.54. The quantitative estimate of drug-likeness (QED) is 0.199. The molecule has 0 atom stereocenters. The minimum absolute atomic E-state index is 0.182. The van der Waals surface area contributed by atoms with Gasteiger partial charge in [-0.25, -0.2) is 0 Å². The Labute approximate surface area is 209 Å². The summed E-state index contributed by atoms with van der Waals surface area (Å²) in [7, 11) is 0. The summed E-state index contributed by atoms with van der Waals surface area (Å²) in [4.78, 5) is 26.0. The standard InChI is InChI=1S/C26H22N4O2Se2/c27-21-15-7-13-19(25(31)29-17-9-3-1-4-10-17)23(21)33-34-24-20(14-8-16-22(24)28)26(32)30-18-11-5-2-6-12-18/h1-16H,27-28H2,(H,29,31)(H,30,32). The fourth-order valence-corrected chi connectivity index (χ4v) is 11.1. The van der Waals surface area contributed by atoms with Crippen molar-refractivity contribution in [3.05, 3.63) is 108 Å². The Morgan fingerprint density at radius 1 is 0.529 bits per heavy atom. The van der Waals surface area contributed by atoms with Crippen molar-refractivity contribution in [2.24, 2.45) is 0 Å². The van der Waals surface area contributed by atoms with Crippen molar-refractivity contribution < 1.29 is 9.59 Å². The summed E-state index contributed by atoms with van der Waals surface area (Å²) >= 11 is -0.363. The van der Waals surface area contributed by atoms with Crippen LogP contribution in [0, 0.1) is 0 Å². The van der Waals surface area contributed by atoms with Crippen LogP contribution in [0.4, 0.5) is 22.7 Å². The molecule has 34 heavy (non-hydrogen) atoms. The van der Waals surface area contributed by atoms with Gasteiger partial charge >= 0.3 is 210 Å². The van der Waals surface area contributed by atoms with E-state index in [1.165, 1.54) is 0 Å². The van der Waals surface area contributed by atoms with E-state index in [0.29, 0.717) is 33.9 Å². The molecule has 0 saturated carbocycles. The van der Waals surface area contributed by atoms with Crippen molar-refractivity contribution in [2.75, 3.05) is 22.1 Å². The third-order valence-electron chi connectivity index (χ3n) is 4.85. The summed E-state index contributed by atoms with van der Waals surface area (Å²) in [6.07, 6.45) is 0. The molecule has 2 amide bonds. The first-order valence-corrected chi connectivity index (χ1v) is 16.4. The number of nitrogens with two attached hydrogens (primary N) is 2. The Morgan fingerprint density at radius 3 is 1.29 bits per heavy atom. The summed E-state index contributed by atoms with van der Waals surface area (Å²) in [5.41, 5.74) is 16.2. The summed E-state index contributed by atoms with van der Waals surface area (Å²) in [5, 5.41) is 5.85. The molecule has 4 rings (SSSR count). The Balaban J connectivity index is 1.57. The topological polar surface area (TPSA) is 110 Å². The van der Waals surface area contributed by atoms with Gasteiger partial charge in [-0.3, -0.25) is 0 Å². The summed E-state index contributed by atoms with van der Waals surface area (Å²) < 4.78 is 1.61. The Kier molecular flexibility index (Phi) is 7.68. The monoisotopic (exact) mass is 582 g/mol. The van der Waals surface area contributed by atoms with E-state index in [2.05, 4.69) is 10.6 Å². The molecular formula is C26H22N4O2Se2. The number of rotatable bonds is 7. The average Bonchev–Trinajstić information content (AvgIpc) is 2.85. The third kappa shape index (κ3) is 5.68. The second-order valence-electron chi connectivity index (χ2n) is 7.25. The van der Waals surface area contributed by atoms with Crippen LogP contribution in [0.2, 0.25) is 0 Å². The number of anilines is 4. The molecule has 4 aromatic carbocycles. The van der Waals surface area contributed by atoms with Crippen LogP contribution in [-0.2, 0) is 0 Å². The minimum atomic E-state index is -0.214. The van der Waals surface area contributed by atoms with Crippen LogP contribution >= 0.6 is 0 Å². The van der Waals surface area contributed by atoms with E-state index in [1.54, 1.807) is 36.4 Å². The number of nitrogen functional groups attached to an aromatic ring is 2. The van der Waals surface area contributed by atoms with Gasteiger partial charge in [-0.1, -0.05) is 0 Å². The van der Waals surface area contributed by atoms with Crippen molar-refractivity contribution in [3.63, 3.8) is 0 Å². The van der Waals surface area contributed by atoms with E-state index in [0.717, 1.165) is 8.92 Å². The number of carbonyl (C=O) groups is 2. The fourth-order valence-electron chi connectivity index (χ4n) is 3.18. The zero-order chi connectivity index (χ0) is 23.9. The molecule has 0 spiro atoms. The molecule has 6 nitrogen and oxygen atoms in total. The van der Waals surface area contributed by atoms with Crippen LogP contribution in [0.3, 0.4) is 0 Å². The number of carbonyl (C=O) groups excluding carboxylic acids is 2. The van der Waals surface area contributed by atoms with E-state index in [1.807, 2.05) is 60.7 Å². The number of hydrogen-bond acceptors (Lipinski definition) is 4. The predicted octanol–water partition coefficient (Wildman–Crippen LogP) is 2.63. The molecule has 0 aliphatic carbocycles. The van der Waals surface area contributed by atoms with Gasteiger partial charge in [-0.15, -0.1) is 0 Å². The van der Waals surface area contributed by atoms with Crippen LogP contribution in [0.1, 0.15) is 20.7 Å². The molecule has 6 N–H and O–H groups in total. The maximum absolute atomic E-state index is 13.0. The molecule has 0 aliphatic heterocycles. The SMILES string of the molecule is Nc1cccc(C(=O)Nc2ccccc2)c1[Se][Se]c1c(N)cccc1C(=O)Nc1ccccc1. The van der Waals surface area contributed by atoms with Crippen LogP contribution in [-0.4, -0.2) is 38.1 Å². The van der Waals surface area contributed by atoms with Crippen molar-refractivity contribution >= 4 is 69.8 Å². The molecule has 4 aromatic rings. The van der Waals surface area contributed by atoms with Gasteiger partial charge in [0.2, 0.25) is 0 Å². The van der Waals surface area contributed by atoms with E-state index >= 15 is 0 Å². The van der Waals surface area contributed by atoms with Crippen LogP contribution < -0.4 is 31.0 Å². The molecule has 170 valence electrons. The normalized spacial score (nSPS) is 10.5. The molecule has 0 unspecified atom stereocenters. The molecule has 0 fully saturated rings. The number of benzene rings is 4. The number of nitrogens with one attached hydrogen (secondary N) is 2. The van der Waals surface area contributed by atoms with Gasteiger partial charge in [-0.2, -0.15) is 0 Å². The van der Waals surface area contributed by atoms with E-state index in [-0.39, 0.29) is 38.1 Å². The Bertz CT molecular complexity index is 1210. The van der Waals surface area contributed by atoms with Crippen molar-refractivity contribution in [1.29, 1.82) is 0 Å². The number of hydrogen-bond donors (Lipinski definition) is 4. The third-order valence-corrected chi connectivity index (χ3v) is 12.2. The van der Waals surface area contributed by atoms with Gasteiger partial charge in [0, 0.05) is 0 Å². The molecule has 0 saturated heterocycles. The van der Waals surface area contributed by atoms with Crippen LogP contribution in [0.5, 0.6) is 0 Å². The number of amides is 2. The number of para-hydroxylation sites is 2. The van der Waals surface area contributed by atoms with E-state index in [4.69, 9.17) is 11.5 Å². The van der Waals surface area contributed by atoms with Gasteiger partial charge in [0.05, 0.1) is 0 Å². The fraction of sp³-hybridized carbons (Fsp3) is 0. The van der Waals surface area contributed by atoms with Crippen LogP contribution in [0.15, 0.2) is 97.1 Å². The van der Waals surface area contributed by atoms with Crippen LogP contribution in [0.25, 0.3) is 0 Å². The van der Waals surface area contributed by atoms with Crippen molar-refractivity contribution in [2.45, 2.75) is 0 Å². The second-order valence-corrected chi connectivity index (χ2v) is 13.3. The van der Waals surface area contributed by atoms with Crippen molar-refractivity contribution in [3.8, 4) is 0 Å². The Morgan fingerprint density at radius 2 is 0.912 bits per heavy atom. The van der Waals surface area contributed by atoms with Gasteiger partial charge in [0.25, 0.3) is 0 Å². The van der Waals surface area contributed by atoms with Gasteiger partial charge in [0.15, 0.2) is 0 Å². The molecule has 0 heterocycles. The van der Waals surface area contributed by atoms with Gasteiger partial charge in [-0.05, 0) is 0 Å². The molecule has 0 radical (unpaired) electrons. The zero-order valence-electron chi connectivity index (χ0n) is 18.0. The van der Waals surface area contributed by atoms with Crippen molar-refractivity contribution in [1.82, 2.24) is 0 Å². The van der Waals surface area contributed by atoms with E-state index in [9.17, 15) is 9.59 Å². The summed E-state index contributed by atoms with van der Waals surface area (Å²) in [6, 6.07) is 29.3. The molecule has 0 aromatic heterocycles. The van der Waals surface area contributed by atoms with Gasteiger partial charge in [0.1, 0.15) is 0 Å². The molecular weight excluding hydrogens is 558 g/mol. The summed E-state index contributed by atoms with van der Waals surface area (Å²) in [5.74, 6) is -0.427. The second kappa shape index (κ2) is 11.1. The zero-order valence-corrected chi connectivity index (χ0v) is 21.5. The molecule has 0 aliphatic rings. The first-order chi connectivity index (χ1) is 16.5. The first-order valence-electron chi connectivity index (χ1n) is 10.4. The molecule has 0 bridgehead atoms. The predicted molar refractivity (Wildman–Crippen MR) is 141 cm³/mol. The molecule has 8 heteroatoms. The average molecular weight is 580 g/mol. The summed E-state index contributed by atoms with van der Waals surface area (Å²) in [6.45, 7) is 0. The maximum atomic E-state index is 13.0. The van der Waals surface area contributed by atoms with E-state index < -0.39 is 0 Å². The van der Waals surface area contributed by atoms with Gasteiger partial charge < -0.3 is 0 Å².